The first-order valence-electron chi connectivity index (χ1n) is 12.5. The zero-order valence-electron chi connectivity index (χ0n) is 21.1. The lowest BCUT2D eigenvalue weighted by Gasteiger charge is -2.28. The Labute approximate surface area is 217 Å². The van der Waals surface area contributed by atoms with E-state index in [1.807, 2.05) is 74.5 Å². The van der Waals surface area contributed by atoms with Crippen LogP contribution in [-0.4, -0.2) is 35.9 Å². The molecule has 0 amide bonds. The fourth-order valence-electron chi connectivity index (χ4n) is 4.18. The van der Waals surface area contributed by atoms with Crippen molar-refractivity contribution in [3.63, 3.8) is 0 Å². The van der Waals surface area contributed by atoms with Crippen LogP contribution in [-0.2, 0) is 9.53 Å². The van der Waals surface area contributed by atoms with E-state index in [9.17, 15) is 19.7 Å². The molecular weight excluding hydrogens is 470 g/mol. The Balaban J connectivity index is 1.71. The molecule has 2 N–H and O–H groups in total. The Morgan fingerprint density at radius 1 is 0.919 bits per heavy atom. The number of ether oxygens (including phenoxy) is 1. The van der Waals surface area contributed by atoms with Gasteiger partial charge in [-0.15, -0.1) is 0 Å². The summed E-state index contributed by atoms with van der Waals surface area (Å²) in [6.45, 7) is 4.34. The molecule has 3 aromatic rings. The lowest BCUT2D eigenvalue weighted by atomic mass is 9.96. The van der Waals surface area contributed by atoms with E-state index in [-0.39, 0.29) is 36.0 Å². The molecule has 0 aliphatic carbocycles. The van der Waals surface area contributed by atoms with Gasteiger partial charge in [0.15, 0.2) is 11.8 Å². The molecule has 0 saturated heterocycles. The summed E-state index contributed by atoms with van der Waals surface area (Å²) in [7, 11) is 0. The Hall–Kier alpha value is -4.04. The number of nitrogens with zero attached hydrogens (tertiary/aromatic N) is 1. The van der Waals surface area contributed by atoms with Gasteiger partial charge in [-0.1, -0.05) is 74.5 Å². The van der Waals surface area contributed by atoms with E-state index in [4.69, 9.17) is 4.74 Å². The van der Waals surface area contributed by atoms with Crippen LogP contribution >= 0.6 is 0 Å². The first-order valence-corrected chi connectivity index (χ1v) is 12.5. The van der Waals surface area contributed by atoms with E-state index in [2.05, 4.69) is 10.6 Å². The summed E-state index contributed by atoms with van der Waals surface area (Å²) in [5.74, 6) is -0.581. The standard InChI is InChI=1S/C29H33N3O5/c1-3-21(4-2)27(20-30-19-26(33)23-14-11-17-25(18-23)32(35)36)37-29(34)28(22-12-7-5-8-13-22)31-24-15-9-6-10-16-24/h5-18,21,27-28,30-31H,3-4,19-20H2,1-2H3/t27-,28+/m0/s1. The second kappa shape index (κ2) is 13.9. The molecule has 3 aromatic carbocycles. The molecule has 8 heteroatoms. The number of esters is 1. The Morgan fingerprint density at radius 2 is 1.57 bits per heavy atom. The van der Waals surface area contributed by atoms with Gasteiger partial charge in [0, 0.05) is 29.9 Å². The second-order valence-corrected chi connectivity index (χ2v) is 8.77. The third-order valence-electron chi connectivity index (χ3n) is 6.31. The normalized spacial score (nSPS) is 12.5. The maximum Gasteiger partial charge on any atom is 0.333 e. The number of hydrogen-bond donors (Lipinski definition) is 2. The van der Waals surface area contributed by atoms with E-state index < -0.39 is 23.0 Å². The van der Waals surface area contributed by atoms with Crippen LogP contribution in [0.4, 0.5) is 11.4 Å². The predicted octanol–water partition coefficient (Wildman–Crippen LogP) is 5.57. The Bertz CT molecular complexity index is 1170. The molecule has 0 unspecified atom stereocenters. The number of para-hydroxylation sites is 1. The highest BCUT2D eigenvalue weighted by Crippen LogP contribution is 2.24. The van der Waals surface area contributed by atoms with Crippen molar-refractivity contribution in [3.05, 3.63) is 106 Å². The minimum atomic E-state index is -0.702. The van der Waals surface area contributed by atoms with Crippen LogP contribution in [0.2, 0.25) is 0 Å². The van der Waals surface area contributed by atoms with Gasteiger partial charge in [-0.05, 0) is 36.5 Å². The van der Waals surface area contributed by atoms with Crippen LogP contribution in [0.5, 0.6) is 0 Å². The van der Waals surface area contributed by atoms with E-state index in [0.717, 1.165) is 24.1 Å². The minimum absolute atomic E-state index is 0.0280. The van der Waals surface area contributed by atoms with Crippen molar-refractivity contribution in [2.75, 3.05) is 18.4 Å². The van der Waals surface area contributed by atoms with Crippen molar-refractivity contribution in [2.45, 2.75) is 38.8 Å². The quantitative estimate of drug-likeness (QED) is 0.128. The second-order valence-electron chi connectivity index (χ2n) is 8.77. The highest BCUT2D eigenvalue weighted by molar-refractivity contribution is 5.98. The zero-order valence-corrected chi connectivity index (χ0v) is 21.1. The van der Waals surface area contributed by atoms with Crippen molar-refractivity contribution < 1.29 is 19.2 Å². The fraction of sp³-hybridized carbons (Fsp3) is 0.310. The van der Waals surface area contributed by atoms with Gasteiger partial charge in [-0.25, -0.2) is 4.79 Å². The van der Waals surface area contributed by atoms with E-state index in [1.165, 1.54) is 18.2 Å². The molecule has 0 radical (unpaired) electrons. The minimum Gasteiger partial charge on any atom is -0.459 e. The number of hydrogen-bond acceptors (Lipinski definition) is 7. The first-order chi connectivity index (χ1) is 17.9. The average molecular weight is 504 g/mol. The summed E-state index contributed by atoms with van der Waals surface area (Å²) in [6.07, 6.45) is 1.15. The molecule has 3 rings (SSSR count). The average Bonchev–Trinajstić information content (AvgIpc) is 2.93. The number of nitro benzene ring substituents is 1. The first kappa shape index (κ1) is 27.5. The third-order valence-corrected chi connectivity index (χ3v) is 6.31. The number of anilines is 1. The van der Waals surface area contributed by atoms with Gasteiger partial charge >= 0.3 is 5.97 Å². The summed E-state index contributed by atoms with van der Waals surface area (Å²) in [6, 6.07) is 23.8. The van der Waals surface area contributed by atoms with Gasteiger partial charge in [-0.2, -0.15) is 0 Å². The molecule has 0 fully saturated rings. The van der Waals surface area contributed by atoms with E-state index in [0.29, 0.717) is 0 Å². The van der Waals surface area contributed by atoms with E-state index in [1.54, 1.807) is 6.07 Å². The summed E-state index contributed by atoms with van der Waals surface area (Å²) in [4.78, 5) is 36.6. The number of nitrogens with one attached hydrogen (secondary N) is 2. The number of Topliss-reactive ketones (excluding diaryl/α,β-unsaturated/α-hetero) is 1. The number of non-ortho nitro benzene ring substituents is 1. The zero-order chi connectivity index (χ0) is 26.6. The number of rotatable bonds is 14. The smallest absolute Gasteiger partial charge is 0.333 e. The molecule has 2 atom stereocenters. The predicted molar refractivity (Wildman–Crippen MR) is 143 cm³/mol. The molecule has 0 spiro atoms. The van der Waals surface area contributed by atoms with Gasteiger partial charge < -0.3 is 15.4 Å². The van der Waals surface area contributed by atoms with Gasteiger partial charge in [-0.3, -0.25) is 14.9 Å². The van der Waals surface area contributed by atoms with Crippen molar-refractivity contribution in [3.8, 4) is 0 Å². The van der Waals surface area contributed by atoms with Crippen LogP contribution < -0.4 is 10.6 Å². The van der Waals surface area contributed by atoms with Gasteiger partial charge in [0.1, 0.15) is 6.10 Å². The molecule has 37 heavy (non-hydrogen) atoms. The van der Waals surface area contributed by atoms with E-state index >= 15 is 0 Å². The van der Waals surface area contributed by atoms with Crippen molar-refractivity contribution in [2.24, 2.45) is 5.92 Å². The van der Waals surface area contributed by atoms with Crippen LogP contribution in [0.1, 0.15) is 48.7 Å². The van der Waals surface area contributed by atoms with Crippen LogP contribution in [0.15, 0.2) is 84.9 Å². The fourth-order valence-corrected chi connectivity index (χ4v) is 4.18. The lowest BCUT2D eigenvalue weighted by Crippen LogP contribution is -2.40. The van der Waals surface area contributed by atoms with Crippen molar-refractivity contribution >= 4 is 23.1 Å². The monoisotopic (exact) mass is 503 g/mol. The lowest BCUT2D eigenvalue weighted by molar-refractivity contribution is -0.384. The summed E-state index contributed by atoms with van der Waals surface area (Å²) < 4.78 is 6.06. The number of carbonyl (C=O) groups excluding carboxylic acids is 2. The van der Waals surface area contributed by atoms with Crippen LogP contribution in [0.25, 0.3) is 0 Å². The summed E-state index contributed by atoms with van der Waals surface area (Å²) in [5.41, 5.74) is 1.71. The molecule has 0 bridgehead atoms. The maximum absolute atomic E-state index is 13.5. The number of benzene rings is 3. The highest BCUT2D eigenvalue weighted by Gasteiger charge is 2.28. The van der Waals surface area contributed by atoms with Crippen molar-refractivity contribution in [1.82, 2.24) is 5.32 Å². The molecule has 0 saturated carbocycles. The number of nitro groups is 1. The summed E-state index contributed by atoms with van der Waals surface area (Å²) >= 11 is 0. The third kappa shape index (κ3) is 7.98. The van der Waals surface area contributed by atoms with Gasteiger partial charge in [0.2, 0.25) is 0 Å². The van der Waals surface area contributed by atoms with Gasteiger partial charge in [0.05, 0.1) is 11.5 Å². The molecule has 0 aliphatic heterocycles. The van der Waals surface area contributed by atoms with Crippen LogP contribution in [0, 0.1) is 16.0 Å². The topological polar surface area (TPSA) is 111 Å². The largest absolute Gasteiger partial charge is 0.459 e. The molecular formula is C29H33N3O5. The number of carbonyl (C=O) groups is 2. The highest BCUT2D eigenvalue weighted by atomic mass is 16.6. The number of ketones is 1. The molecule has 0 aromatic heterocycles. The summed E-state index contributed by atoms with van der Waals surface area (Å²) in [5, 5.41) is 17.4. The molecule has 0 aliphatic rings. The van der Waals surface area contributed by atoms with Crippen LogP contribution in [0.3, 0.4) is 0 Å². The molecule has 8 nitrogen and oxygen atoms in total. The molecule has 0 heterocycles. The van der Waals surface area contributed by atoms with Gasteiger partial charge in [0.25, 0.3) is 5.69 Å². The van der Waals surface area contributed by atoms with Crippen molar-refractivity contribution in [1.29, 1.82) is 0 Å². The Morgan fingerprint density at radius 3 is 2.19 bits per heavy atom. The SMILES string of the molecule is CCC(CC)[C@H](CNCC(=O)c1cccc([N+](=O)[O-])c1)OC(=O)[C@H](Nc1ccccc1)c1ccccc1. The Kier molecular flexibility index (Phi) is 10.3. The maximum atomic E-state index is 13.5. The molecule has 194 valence electrons.